The molecule has 1 fully saturated rings. The fourth-order valence-corrected chi connectivity index (χ4v) is 5.10. The number of imide groups is 1. The number of amides is 2. The quantitative estimate of drug-likeness (QED) is 0.631. The predicted octanol–water partition coefficient (Wildman–Crippen LogP) is 3.54. The molecule has 1 aliphatic rings. The van der Waals surface area contributed by atoms with E-state index in [4.69, 9.17) is 0 Å². The molecule has 1 saturated heterocycles. The summed E-state index contributed by atoms with van der Waals surface area (Å²) < 4.78 is 27.4. The van der Waals surface area contributed by atoms with Crippen molar-refractivity contribution >= 4 is 49.9 Å². The van der Waals surface area contributed by atoms with Gasteiger partial charge in [0.1, 0.15) is 0 Å². The Balaban J connectivity index is 1.91. The maximum Gasteiger partial charge on any atom is 0.293 e. The summed E-state index contributed by atoms with van der Waals surface area (Å²) in [6.45, 7) is 0. The molecular formula is C19H14N2O4S2. The highest BCUT2D eigenvalue weighted by Gasteiger charge is 2.32. The first-order valence-corrected chi connectivity index (χ1v) is 10.3. The fraction of sp³-hybridized carbons (Fsp3) is 0.0526. The molecule has 0 atom stereocenters. The van der Waals surface area contributed by atoms with Crippen molar-refractivity contribution in [3.05, 3.63) is 71.3 Å². The lowest BCUT2D eigenvalue weighted by atomic mass is 10.1. The second-order valence-electron chi connectivity index (χ2n) is 5.96. The molecule has 3 aromatic rings. The van der Waals surface area contributed by atoms with Crippen LogP contribution >= 0.6 is 11.8 Å². The summed E-state index contributed by atoms with van der Waals surface area (Å²) in [6.07, 6.45) is 3.05. The van der Waals surface area contributed by atoms with Gasteiger partial charge in [0.15, 0.2) is 0 Å². The van der Waals surface area contributed by atoms with Gasteiger partial charge in [0, 0.05) is 24.2 Å². The van der Waals surface area contributed by atoms with E-state index >= 15 is 0 Å². The Labute approximate surface area is 160 Å². The van der Waals surface area contributed by atoms with Crippen molar-refractivity contribution in [2.24, 2.45) is 0 Å². The van der Waals surface area contributed by atoms with E-state index in [0.717, 1.165) is 16.7 Å². The lowest BCUT2D eigenvalue weighted by Gasteiger charge is -2.07. The predicted molar refractivity (Wildman–Crippen MR) is 105 cm³/mol. The lowest BCUT2D eigenvalue weighted by Crippen LogP contribution is -2.22. The zero-order chi connectivity index (χ0) is 19.2. The number of nitrogens with zero attached hydrogens (tertiary/aromatic N) is 2. The van der Waals surface area contributed by atoms with Crippen molar-refractivity contribution in [2.45, 2.75) is 4.90 Å². The number of thioether (sulfide) groups is 1. The van der Waals surface area contributed by atoms with Gasteiger partial charge < -0.3 is 0 Å². The van der Waals surface area contributed by atoms with E-state index in [1.807, 2.05) is 0 Å². The van der Waals surface area contributed by atoms with Crippen LogP contribution in [0.4, 0.5) is 4.79 Å². The molecule has 0 spiro atoms. The van der Waals surface area contributed by atoms with Crippen LogP contribution in [0.25, 0.3) is 17.0 Å². The number of hydrogen-bond donors (Lipinski definition) is 0. The Morgan fingerprint density at radius 1 is 0.963 bits per heavy atom. The zero-order valence-corrected chi connectivity index (χ0v) is 15.8. The van der Waals surface area contributed by atoms with Crippen LogP contribution in [0.1, 0.15) is 5.56 Å². The monoisotopic (exact) mass is 398 g/mol. The van der Waals surface area contributed by atoms with Gasteiger partial charge in [-0.25, -0.2) is 12.4 Å². The van der Waals surface area contributed by atoms with Crippen LogP contribution in [0.3, 0.4) is 0 Å². The molecule has 4 rings (SSSR count). The normalized spacial score (nSPS) is 16.6. The van der Waals surface area contributed by atoms with Crippen molar-refractivity contribution in [3.8, 4) is 0 Å². The highest BCUT2D eigenvalue weighted by molar-refractivity contribution is 8.18. The second kappa shape index (κ2) is 6.40. The van der Waals surface area contributed by atoms with Crippen LogP contribution in [0.5, 0.6) is 0 Å². The summed E-state index contributed by atoms with van der Waals surface area (Å²) in [5, 5.41) is 0.326. The van der Waals surface area contributed by atoms with Gasteiger partial charge in [0.25, 0.3) is 21.2 Å². The molecule has 27 heavy (non-hydrogen) atoms. The Bertz CT molecular complexity index is 1210. The average molecular weight is 398 g/mol. The van der Waals surface area contributed by atoms with Crippen LogP contribution in [-0.4, -0.2) is 35.5 Å². The summed E-state index contributed by atoms with van der Waals surface area (Å²) in [7, 11) is -2.38. The molecule has 0 aliphatic carbocycles. The topological polar surface area (TPSA) is 76.5 Å². The van der Waals surface area contributed by atoms with Crippen molar-refractivity contribution < 1.29 is 18.0 Å². The van der Waals surface area contributed by atoms with Gasteiger partial charge >= 0.3 is 0 Å². The summed E-state index contributed by atoms with van der Waals surface area (Å²) in [5.74, 6) is -0.396. The molecule has 2 aromatic carbocycles. The average Bonchev–Trinajstić information content (AvgIpc) is 3.16. The Kier molecular flexibility index (Phi) is 4.16. The van der Waals surface area contributed by atoms with Gasteiger partial charge in [-0.2, -0.15) is 0 Å². The first-order chi connectivity index (χ1) is 12.9. The van der Waals surface area contributed by atoms with Crippen molar-refractivity contribution in [1.82, 2.24) is 8.87 Å². The van der Waals surface area contributed by atoms with E-state index < -0.39 is 15.9 Å². The van der Waals surface area contributed by atoms with E-state index in [1.165, 1.54) is 29.3 Å². The zero-order valence-electron chi connectivity index (χ0n) is 14.2. The van der Waals surface area contributed by atoms with E-state index in [-0.39, 0.29) is 15.0 Å². The van der Waals surface area contributed by atoms with Crippen LogP contribution < -0.4 is 0 Å². The third-order valence-corrected chi connectivity index (χ3v) is 6.93. The van der Waals surface area contributed by atoms with Crippen LogP contribution in [0.15, 0.2) is 70.6 Å². The van der Waals surface area contributed by atoms with Crippen molar-refractivity contribution in [1.29, 1.82) is 0 Å². The minimum atomic E-state index is -3.80. The number of likely N-dealkylation sites (N-methyl/N-ethyl adjacent to an activating group) is 1. The molecule has 0 saturated carbocycles. The highest BCUT2D eigenvalue weighted by Crippen LogP contribution is 2.34. The molecule has 1 aromatic heterocycles. The molecule has 0 bridgehead atoms. The third-order valence-electron chi connectivity index (χ3n) is 4.28. The summed E-state index contributed by atoms with van der Waals surface area (Å²) in [4.78, 5) is 25.4. The molecule has 0 radical (unpaired) electrons. The summed E-state index contributed by atoms with van der Waals surface area (Å²) >= 11 is 0.838. The van der Waals surface area contributed by atoms with Crippen LogP contribution in [-0.2, 0) is 14.8 Å². The number of fused-ring (bicyclic) bond motifs is 1. The second-order valence-corrected chi connectivity index (χ2v) is 8.76. The van der Waals surface area contributed by atoms with Crippen LogP contribution in [0, 0.1) is 0 Å². The van der Waals surface area contributed by atoms with Gasteiger partial charge in [0.05, 0.1) is 15.3 Å². The molecule has 8 heteroatoms. The SMILES string of the molecule is CN1C(=O)S/C(=C\c2cn(S(=O)(=O)c3ccccc3)c3ccccc23)C1=O. The molecule has 2 heterocycles. The van der Waals surface area contributed by atoms with Crippen LogP contribution in [0.2, 0.25) is 0 Å². The fourth-order valence-electron chi connectivity index (χ4n) is 2.88. The smallest absolute Gasteiger partial charge is 0.272 e. The first-order valence-electron chi connectivity index (χ1n) is 8.02. The Morgan fingerprint density at radius 2 is 1.63 bits per heavy atom. The number of carbonyl (C=O) groups excluding carboxylic acids is 2. The minimum Gasteiger partial charge on any atom is -0.272 e. The van der Waals surface area contributed by atoms with E-state index in [1.54, 1.807) is 48.5 Å². The summed E-state index contributed by atoms with van der Waals surface area (Å²) in [5.41, 5.74) is 1.06. The number of aromatic nitrogens is 1. The number of hydrogen-bond acceptors (Lipinski definition) is 5. The van der Waals surface area contributed by atoms with Gasteiger partial charge in [0.2, 0.25) is 0 Å². The van der Waals surface area contributed by atoms with Crippen molar-refractivity contribution in [2.75, 3.05) is 7.05 Å². The molecule has 0 N–H and O–H groups in total. The first kappa shape index (κ1) is 17.6. The number of benzene rings is 2. The lowest BCUT2D eigenvalue weighted by molar-refractivity contribution is -0.121. The summed E-state index contributed by atoms with van der Waals surface area (Å²) in [6, 6.07) is 15.2. The van der Waals surface area contributed by atoms with E-state index in [0.29, 0.717) is 16.5 Å². The van der Waals surface area contributed by atoms with Gasteiger partial charge in [-0.3, -0.25) is 14.5 Å². The van der Waals surface area contributed by atoms with Gasteiger partial charge in [-0.05, 0) is 36.0 Å². The van der Waals surface area contributed by atoms with E-state index in [2.05, 4.69) is 0 Å². The molecule has 136 valence electrons. The Morgan fingerprint density at radius 3 is 2.30 bits per heavy atom. The number of rotatable bonds is 3. The van der Waals surface area contributed by atoms with Gasteiger partial charge in [-0.15, -0.1) is 0 Å². The van der Waals surface area contributed by atoms with Crippen molar-refractivity contribution in [3.63, 3.8) is 0 Å². The standard InChI is InChI=1S/C19H14N2O4S2/c1-20-18(22)17(26-19(20)23)11-13-12-21(16-10-6-5-9-15(13)16)27(24,25)14-7-3-2-4-8-14/h2-12H,1H3/b17-11-. The minimum absolute atomic E-state index is 0.172. The highest BCUT2D eigenvalue weighted by atomic mass is 32.2. The molecule has 0 unspecified atom stereocenters. The molecule has 2 amide bonds. The van der Waals surface area contributed by atoms with Gasteiger partial charge in [-0.1, -0.05) is 36.4 Å². The van der Waals surface area contributed by atoms with E-state index in [9.17, 15) is 18.0 Å². The number of carbonyl (C=O) groups is 2. The molecule has 1 aliphatic heterocycles. The maximum absolute atomic E-state index is 13.1. The number of para-hydroxylation sites is 1. The molecular weight excluding hydrogens is 384 g/mol. The third kappa shape index (κ3) is 2.87. The molecule has 6 nitrogen and oxygen atoms in total. The maximum atomic E-state index is 13.1. The largest absolute Gasteiger partial charge is 0.293 e. The Hall–Kier alpha value is -2.84.